The number of amides is 2. The van der Waals surface area contributed by atoms with Crippen molar-refractivity contribution in [2.75, 3.05) is 43.8 Å². The zero-order valence-electron chi connectivity index (χ0n) is 12.4. The van der Waals surface area contributed by atoms with Crippen LogP contribution in [0.15, 0.2) is 17.0 Å². The molecule has 0 atom stereocenters. The van der Waals surface area contributed by atoms with Crippen LogP contribution in [0.4, 0.5) is 5.13 Å². The van der Waals surface area contributed by atoms with Gasteiger partial charge in [0.1, 0.15) is 0 Å². The summed E-state index contributed by atoms with van der Waals surface area (Å²) in [5.74, 6) is 0.481. The van der Waals surface area contributed by atoms with E-state index in [4.69, 9.17) is 0 Å². The molecule has 1 aromatic heterocycles. The highest BCUT2D eigenvalue weighted by atomic mass is 32.2. The number of carbonyl (C=O) groups excluding carboxylic acids is 2. The maximum Gasteiger partial charge on any atom is 0.233 e. The van der Waals surface area contributed by atoms with Crippen LogP contribution in [-0.4, -0.2) is 70.3 Å². The Balaban J connectivity index is 1.75. The number of piperazine rings is 1. The largest absolute Gasteiger partial charge is 0.357 e. The monoisotopic (exact) mass is 341 g/mol. The smallest absolute Gasteiger partial charge is 0.233 e. The average Bonchev–Trinajstić information content (AvgIpc) is 2.98. The molecule has 1 fully saturated rings. The van der Waals surface area contributed by atoms with Gasteiger partial charge in [0.25, 0.3) is 0 Å². The van der Waals surface area contributed by atoms with Crippen molar-refractivity contribution in [3.05, 3.63) is 12.7 Å². The average molecular weight is 341 g/mol. The first kappa shape index (κ1) is 16.8. The molecule has 1 aliphatic rings. The molecule has 1 saturated heterocycles. The Kier molecular flexibility index (Phi) is 6.20. The van der Waals surface area contributed by atoms with E-state index in [1.165, 1.54) is 23.1 Å². The van der Waals surface area contributed by atoms with Crippen LogP contribution in [0.5, 0.6) is 0 Å². The van der Waals surface area contributed by atoms with Crippen molar-refractivity contribution in [3.63, 3.8) is 0 Å². The third-order valence-corrected chi connectivity index (χ3v) is 5.20. The van der Waals surface area contributed by atoms with Crippen LogP contribution >= 0.6 is 23.1 Å². The van der Waals surface area contributed by atoms with Crippen LogP contribution in [0.25, 0.3) is 0 Å². The summed E-state index contributed by atoms with van der Waals surface area (Å²) in [6, 6.07) is 0. The van der Waals surface area contributed by atoms with E-state index in [0.29, 0.717) is 38.5 Å². The molecule has 1 aliphatic heterocycles. The minimum Gasteiger partial charge on any atom is -0.357 e. The van der Waals surface area contributed by atoms with E-state index < -0.39 is 0 Å². The number of anilines is 1. The lowest BCUT2D eigenvalue weighted by Crippen LogP contribution is -2.50. The molecule has 9 heteroatoms. The van der Waals surface area contributed by atoms with Crippen LogP contribution in [0, 0.1) is 0 Å². The van der Waals surface area contributed by atoms with Gasteiger partial charge in [0, 0.05) is 39.6 Å². The Bertz CT molecular complexity index is 540. The minimum atomic E-state index is 0.0647. The molecule has 0 unspecified atom stereocenters. The predicted octanol–water partition coefficient (Wildman–Crippen LogP) is 0.919. The van der Waals surface area contributed by atoms with E-state index in [9.17, 15) is 9.59 Å². The van der Waals surface area contributed by atoms with Crippen molar-refractivity contribution in [3.8, 4) is 0 Å². The zero-order chi connectivity index (χ0) is 15.9. The Hall–Kier alpha value is -1.61. The lowest BCUT2D eigenvalue weighted by atomic mass is 10.3. The Labute approximate surface area is 137 Å². The molecule has 0 radical (unpaired) electrons. The molecule has 0 spiro atoms. The summed E-state index contributed by atoms with van der Waals surface area (Å²) in [6.07, 6.45) is 1.75. The topological polar surface area (TPSA) is 78.4 Å². The second-order valence-corrected chi connectivity index (χ2v) is 6.92. The lowest BCUT2D eigenvalue weighted by molar-refractivity contribution is -0.136. The maximum absolute atomic E-state index is 12.2. The predicted molar refractivity (Wildman–Crippen MR) is 88.2 cm³/mol. The van der Waals surface area contributed by atoms with E-state index in [1.54, 1.807) is 22.8 Å². The van der Waals surface area contributed by atoms with Gasteiger partial charge < -0.3 is 15.1 Å². The summed E-state index contributed by atoms with van der Waals surface area (Å²) in [5, 5.41) is 11.8. The number of nitrogens with one attached hydrogen (secondary N) is 1. The zero-order valence-corrected chi connectivity index (χ0v) is 14.1. The molecule has 7 nitrogen and oxygen atoms in total. The SMILES string of the molecule is C=CCNc1nnc(SCC(=O)N2CCN(C(C)=O)CC2)s1. The minimum absolute atomic E-state index is 0.0647. The van der Waals surface area contributed by atoms with E-state index in [2.05, 4.69) is 22.1 Å². The highest BCUT2D eigenvalue weighted by Crippen LogP contribution is 2.25. The number of aromatic nitrogens is 2. The van der Waals surface area contributed by atoms with Crippen molar-refractivity contribution < 1.29 is 9.59 Å². The van der Waals surface area contributed by atoms with Crippen molar-refractivity contribution in [1.82, 2.24) is 20.0 Å². The summed E-state index contributed by atoms with van der Waals surface area (Å²) in [5.41, 5.74) is 0. The van der Waals surface area contributed by atoms with Crippen LogP contribution in [0.2, 0.25) is 0 Å². The van der Waals surface area contributed by atoms with Gasteiger partial charge in [0.2, 0.25) is 16.9 Å². The molecule has 2 heterocycles. The van der Waals surface area contributed by atoms with E-state index in [-0.39, 0.29) is 11.8 Å². The number of hydrogen-bond acceptors (Lipinski definition) is 7. The fourth-order valence-electron chi connectivity index (χ4n) is 1.98. The Morgan fingerprint density at radius 1 is 1.32 bits per heavy atom. The number of nitrogens with zero attached hydrogens (tertiary/aromatic N) is 4. The second-order valence-electron chi connectivity index (χ2n) is 4.72. The van der Waals surface area contributed by atoms with Gasteiger partial charge >= 0.3 is 0 Å². The third-order valence-electron chi connectivity index (χ3n) is 3.20. The molecular formula is C13H19N5O2S2. The van der Waals surface area contributed by atoms with Crippen molar-refractivity contribution in [2.24, 2.45) is 0 Å². The number of rotatable bonds is 6. The highest BCUT2D eigenvalue weighted by molar-refractivity contribution is 8.01. The maximum atomic E-state index is 12.2. The van der Waals surface area contributed by atoms with Crippen molar-refractivity contribution in [2.45, 2.75) is 11.3 Å². The van der Waals surface area contributed by atoms with Crippen LogP contribution in [0.1, 0.15) is 6.92 Å². The van der Waals surface area contributed by atoms with Crippen molar-refractivity contribution >= 4 is 40.0 Å². The summed E-state index contributed by atoms with van der Waals surface area (Å²) in [7, 11) is 0. The van der Waals surface area contributed by atoms with E-state index in [1.807, 2.05) is 0 Å². The molecule has 0 aliphatic carbocycles. The van der Waals surface area contributed by atoms with Crippen molar-refractivity contribution in [1.29, 1.82) is 0 Å². The number of hydrogen-bond donors (Lipinski definition) is 1. The molecule has 1 N–H and O–H groups in total. The molecule has 22 heavy (non-hydrogen) atoms. The van der Waals surface area contributed by atoms with Gasteiger partial charge in [-0.05, 0) is 0 Å². The fraction of sp³-hybridized carbons (Fsp3) is 0.538. The molecular weight excluding hydrogens is 322 g/mol. The quantitative estimate of drug-likeness (QED) is 0.612. The standard InChI is InChI=1S/C13H19N5O2S2/c1-3-4-14-12-15-16-13(22-12)21-9-11(20)18-7-5-17(6-8-18)10(2)19/h3H,1,4-9H2,2H3,(H,14,15). The number of carbonyl (C=O) groups is 2. The number of thioether (sulfide) groups is 1. The second kappa shape index (κ2) is 8.14. The van der Waals surface area contributed by atoms with Crippen LogP contribution < -0.4 is 5.32 Å². The van der Waals surface area contributed by atoms with Gasteiger partial charge in [0.05, 0.1) is 5.75 Å². The molecule has 1 aromatic rings. The highest BCUT2D eigenvalue weighted by Gasteiger charge is 2.22. The lowest BCUT2D eigenvalue weighted by Gasteiger charge is -2.34. The molecule has 0 aromatic carbocycles. The normalized spacial score (nSPS) is 14.8. The Morgan fingerprint density at radius 2 is 2.00 bits per heavy atom. The van der Waals surface area contributed by atoms with Crippen LogP contribution in [0.3, 0.4) is 0 Å². The van der Waals surface area contributed by atoms with Crippen LogP contribution in [-0.2, 0) is 9.59 Å². The summed E-state index contributed by atoms with van der Waals surface area (Å²) < 4.78 is 0.766. The van der Waals surface area contributed by atoms with Gasteiger partial charge in [-0.2, -0.15) is 0 Å². The summed E-state index contributed by atoms with van der Waals surface area (Å²) >= 11 is 2.81. The molecule has 2 amide bonds. The van der Waals surface area contributed by atoms with E-state index >= 15 is 0 Å². The fourth-order valence-corrected chi connectivity index (χ4v) is 3.65. The van der Waals surface area contributed by atoms with Gasteiger partial charge in [-0.15, -0.1) is 16.8 Å². The first-order chi connectivity index (χ1) is 10.6. The summed E-state index contributed by atoms with van der Waals surface area (Å²) in [4.78, 5) is 27.0. The molecule has 0 saturated carbocycles. The van der Waals surface area contributed by atoms with Gasteiger partial charge in [-0.3, -0.25) is 9.59 Å². The summed E-state index contributed by atoms with van der Waals surface area (Å²) in [6.45, 7) is 8.24. The third kappa shape index (κ3) is 4.70. The van der Waals surface area contributed by atoms with Gasteiger partial charge in [-0.1, -0.05) is 29.2 Å². The molecule has 2 rings (SSSR count). The van der Waals surface area contributed by atoms with Gasteiger partial charge in [0.15, 0.2) is 4.34 Å². The first-order valence-corrected chi connectivity index (χ1v) is 8.74. The Morgan fingerprint density at radius 3 is 2.64 bits per heavy atom. The van der Waals surface area contributed by atoms with Gasteiger partial charge in [-0.25, -0.2) is 0 Å². The molecule has 0 bridgehead atoms. The molecule has 120 valence electrons. The first-order valence-electron chi connectivity index (χ1n) is 6.94. The van der Waals surface area contributed by atoms with E-state index in [0.717, 1.165) is 9.47 Å².